The number of piperidine rings is 1. The Morgan fingerprint density at radius 3 is 2.77 bits per heavy atom. The number of nitrogens with one attached hydrogen (secondary N) is 2. The summed E-state index contributed by atoms with van der Waals surface area (Å²) < 4.78 is 5.82. The first-order chi connectivity index (χ1) is 12.6. The zero-order valence-electron chi connectivity index (χ0n) is 16.4. The average Bonchev–Trinajstić information content (AvgIpc) is 3.10. The van der Waals surface area contributed by atoms with Gasteiger partial charge in [-0.3, -0.25) is 4.99 Å². The lowest BCUT2D eigenvalue weighted by atomic mass is 9.99. The van der Waals surface area contributed by atoms with Crippen molar-refractivity contribution in [1.82, 2.24) is 15.6 Å². The van der Waals surface area contributed by atoms with Gasteiger partial charge in [-0.2, -0.15) is 0 Å². The minimum atomic E-state index is -0.0766. The molecule has 2 aliphatic rings. The number of aliphatic imine (C=N–C) groups is 1. The Morgan fingerprint density at radius 2 is 2.15 bits per heavy atom. The normalized spacial score (nSPS) is 24.7. The molecule has 2 saturated heterocycles. The number of hydrogen-bond donors (Lipinski definition) is 2. The fourth-order valence-corrected chi connectivity index (χ4v) is 3.60. The lowest BCUT2D eigenvalue weighted by Crippen LogP contribution is -2.45. The summed E-state index contributed by atoms with van der Waals surface area (Å²) >= 11 is 0. The molecule has 0 aromatic carbocycles. The molecule has 26 heavy (non-hydrogen) atoms. The molecule has 0 aliphatic carbocycles. The van der Waals surface area contributed by atoms with Crippen molar-refractivity contribution in [3.05, 3.63) is 23.9 Å². The highest BCUT2D eigenvalue weighted by Crippen LogP contribution is 2.24. The third kappa shape index (κ3) is 5.10. The van der Waals surface area contributed by atoms with E-state index in [0.29, 0.717) is 6.54 Å². The van der Waals surface area contributed by atoms with Gasteiger partial charge in [0.25, 0.3) is 0 Å². The first kappa shape index (κ1) is 19.0. The van der Waals surface area contributed by atoms with Gasteiger partial charge in [-0.15, -0.1) is 0 Å². The van der Waals surface area contributed by atoms with Crippen LogP contribution in [0, 0.1) is 5.92 Å². The third-order valence-electron chi connectivity index (χ3n) is 5.53. The number of pyridine rings is 1. The minimum Gasteiger partial charge on any atom is -0.373 e. The summed E-state index contributed by atoms with van der Waals surface area (Å²) in [4.78, 5) is 11.3. The molecule has 1 aromatic rings. The number of guanidine groups is 1. The number of nitrogens with zero attached hydrogens (tertiary/aromatic N) is 3. The van der Waals surface area contributed by atoms with Gasteiger partial charge in [0, 0.05) is 46.0 Å². The number of aromatic nitrogens is 1. The van der Waals surface area contributed by atoms with E-state index in [0.717, 1.165) is 62.3 Å². The van der Waals surface area contributed by atoms with E-state index in [9.17, 15) is 0 Å². The Morgan fingerprint density at radius 1 is 1.35 bits per heavy atom. The second-order valence-corrected chi connectivity index (χ2v) is 7.88. The summed E-state index contributed by atoms with van der Waals surface area (Å²) in [5.74, 6) is 2.73. The van der Waals surface area contributed by atoms with Crippen molar-refractivity contribution in [3.63, 3.8) is 0 Å². The molecule has 1 unspecified atom stereocenters. The molecule has 6 heteroatoms. The zero-order chi connectivity index (χ0) is 18.4. The Hall–Kier alpha value is -1.82. The summed E-state index contributed by atoms with van der Waals surface area (Å²) in [6, 6.07) is 4.29. The SMILES string of the molecule is CN=C(NCc1ccc(N2CCC(C)CC2)nc1)NCC1(C)CCCO1. The predicted molar refractivity (Wildman–Crippen MR) is 107 cm³/mol. The molecule has 2 aliphatic heterocycles. The van der Waals surface area contributed by atoms with E-state index in [4.69, 9.17) is 4.74 Å². The Labute approximate surface area is 157 Å². The van der Waals surface area contributed by atoms with Crippen molar-refractivity contribution in [2.24, 2.45) is 10.9 Å². The van der Waals surface area contributed by atoms with Gasteiger partial charge < -0.3 is 20.3 Å². The van der Waals surface area contributed by atoms with Crippen molar-refractivity contribution < 1.29 is 4.74 Å². The topological polar surface area (TPSA) is 61.8 Å². The van der Waals surface area contributed by atoms with E-state index >= 15 is 0 Å². The van der Waals surface area contributed by atoms with E-state index in [2.05, 4.69) is 51.5 Å². The first-order valence-electron chi connectivity index (χ1n) is 9.86. The predicted octanol–water partition coefficient (Wildman–Crippen LogP) is 2.55. The molecule has 0 saturated carbocycles. The Balaban J connectivity index is 1.46. The van der Waals surface area contributed by atoms with Gasteiger partial charge in [-0.05, 0) is 50.2 Å². The van der Waals surface area contributed by atoms with Gasteiger partial charge in [-0.1, -0.05) is 13.0 Å². The molecule has 3 rings (SSSR count). The van der Waals surface area contributed by atoms with Crippen molar-refractivity contribution in [1.29, 1.82) is 0 Å². The summed E-state index contributed by atoms with van der Waals surface area (Å²) in [5, 5.41) is 6.74. The quantitative estimate of drug-likeness (QED) is 0.625. The maximum absolute atomic E-state index is 5.82. The highest BCUT2D eigenvalue weighted by atomic mass is 16.5. The van der Waals surface area contributed by atoms with Gasteiger partial charge in [0.1, 0.15) is 5.82 Å². The third-order valence-corrected chi connectivity index (χ3v) is 5.53. The van der Waals surface area contributed by atoms with E-state index in [1.807, 2.05) is 6.20 Å². The van der Waals surface area contributed by atoms with E-state index < -0.39 is 0 Å². The van der Waals surface area contributed by atoms with Crippen LogP contribution in [0.3, 0.4) is 0 Å². The number of rotatable bonds is 5. The highest BCUT2D eigenvalue weighted by molar-refractivity contribution is 5.79. The minimum absolute atomic E-state index is 0.0766. The van der Waals surface area contributed by atoms with Gasteiger partial charge in [-0.25, -0.2) is 4.98 Å². The number of anilines is 1. The summed E-state index contributed by atoms with van der Waals surface area (Å²) in [6.45, 7) is 9.06. The molecule has 0 bridgehead atoms. The van der Waals surface area contributed by atoms with Crippen molar-refractivity contribution in [2.75, 3.05) is 38.2 Å². The van der Waals surface area contributed by atoms with Crippen LogP contribution in [0.25, 0.3) is 0 Å². The maximum atomic E-state index is 5.82. The molecular formula is C20H33N5O. The van der Waals surface area contributed by atoms with Crippen LogP contribution in [0.4, 0.5) is 5.82 Å². The van der Waals surface area contributed by atoms with E-state index in [1.165, 1.54) is 12.8 Å². The number of ether oxygens (including phenoxy) is 1. The van der Waals surface area contributed by atoms with Crippen LogP contribution < -0.4 is 15.5 Å². The zero-order valence-corrected chi connectivity index (χ0v) is 16.4. The van der Waals surface area contributed by atoms with Crippen LogP contribution >= 0.6 is 0 Å². The van der Waals surface area contributed by atoms with Crippen LogP contribution in [0.5, 0.6) is 0 Å². The second kappa shape index (κ2) is 8.71. The summed E-state index contributed by atoms with van der Waals surface area (Å²) in [6.07, 6.45) is 6.72. The van der Waals surface area contributed by atoms with Gasteiger partial charge in [0.2, 0.25) is 0 Å². The Bertz CT molecular complexity index is 587. The summed E-state index contributed by atoms with van der Waals surface area (Å²) in [5.41, 5.74) is 1.08. The number of hydrogen-bond acceptors (Lipinski definition) is 4. The Kier molecular flexibility index (Phi) is 6.35. The van der Waals surface area contributed by atoms with E-state index in [-0.39, 0.29) is 5.60 Å². The highest BCUT2D eigenvalue weighted by Gasteiger charge is 2.29. The van der Waals surface area contributed by atoms with Crippen molar-refractivity contribution >= 4 is 11.8 Å². The standard InChI is InChI=1S/C20H33N5O/c1-16-7-10-25(11-8-16)18-6-5-17(13-22-18)14-23-19(21-3)24-15-20(2)9-4-12-26-20/h5-6,13,16H,4,7-12,14-15H2,1-3H3,(H2,21,23,24). The molecule has 1 aromatic heterocycles. The van der Waals surface area contributed by atoms with Crippen LogP contribution in [-0.2, 0) is 11.3 Å². The second-order valence-electron chi connectivity index (χ2n) is 7.88. The molecule has 0 spiro atoms. The summed E-state index contributed by atoms with van der Waals surface area (Å²) in [7, 11) is 1.80. The fourth-order valence-electron chi connectivity index (χ4n) is 3.60. The van der Waals surface area contributed by atoms with Crippen molar-refractivity contribution in [3.8, 4) is 0 Å². The van der Waals surface area contributed by atoms with Crippen LogP contribution in [0.1, 0.15) is 45.1 Å². The van der Waals surface area contributed by atoms with Gasteiger partial charge in [0.15, 0.2) is 5.96 Å². The largest absolute Gasteiger partial charge is 0.373 e. The molecule has 0 amide bonds. The van der Waals surface area contributed by atoms with Crippen LogP contribution in [0.2, 0.25) is 0 Å². The molecule has 6 nitrogen and oxygen atoms in total. The lowest BCUT2D eigenvalue weighted by Gasteiger charge is -2.31. The lowest BCUT2D eigenvalue weighted by molar-refractivity contribution is 0.0243. The smallest absolute Gasteiger partial charge is 0.191 e. The molecular weight excluding hydrogens is 326 g/mol. The molecule has 3 heterocycles. The monoisotopic (exact) mass is 359 g/mol. The molecule has 2 fully saturated rings. The molecule has 2 N–H and O–H groups in total. The van der Waals surface area contributed by atoms with Gasteiger partial charge >= 0.3 is 0 Å². The van der Waals surface area contributed by atoms with Crippen molar-refractivity contribution in [2.45, 2.75) is 51.7 Å². The molecule has 144 valence electrons. The first-order valence-corrected chi connectivity index (χ1v) is 9.86. The fraction of sp³-hybridized carbons (Fsp3) is 0.700. The molecule has 1 atom stereocenters. The van der Waals surface area contributed by atoms with E-state index in [1.54, 1.807) is 7.05 Å². The van der Waals surface area contributed by atoms with Crippen LogP contribution in [-0.4, -0.2) is 49.8 Å². The molecule has 0 radical (unpaired) electrons. The average molecular weight is 360 g/mol. The van der Waals surface area contributed by atoms with Gasteiger partial charge in [0.05, 0.1) is 5.60 Å². The maximum Gasteiger partial charge on any atom is 0.191 e. The van der Waals surface area contributed by atoms with Crippen LogP contribution in [0.15, 0.2) is 23.3 Å².